The minimum atomic E-state index is -0.0368. The topological polar surface area (TPSA) is 64.4 Å². The minimum absolute atomic E-state index is 0.0178. The molecule has 1 saturated carbocycles. The zero-order chi connectivity index (χ0) is 14.6. The number of rotatable bonds is 4. The third-order valence-corrected chi connectivity index (χ3v) is 5.28. The van der Waals surface area contributed by atoms with Crippen molar-refractivity contribution in [3.05, 3.63) is 0 Å². The molecule has 2 rings (SSSR count). The number of hydrogen-bond acceptors (Lipinski definition) is 3. The molecule has 20 heavy (non-hydrogen) atoms. The van der Waals surface area contributed by atoms with Crippen LogP contribution < -0.4 is 11.1 Å². The second-order valence-electron chi connectivity index (χ2n) is 6.49. The summed E-state index contributed by atoms with van der Waals surface area (Å²) >= 11 is 0. The molecule has 2 aliphatic rings. The first kappa shape index (κ1) is 15.8. The molecular weight excluding hydrogens is 252 g/mol. The van der Waals surface area contributed by atoms with Crippen molar-refractivity contribution in [1.82, 2.24) is 5.32 Å². The van der Waals surface area contributed by atoms with Crippen LogP contribution in [0.4, 0.5) is 0 Å². The molecule has 0 aromatic heterocycles. The Labute approximate surface area is 122 Å². The monoisotopic (exact) mass is 282 g/mol. The molecular formula is C16H30N2O2. The number of carbonyl (C=O) groups excluding carboxylic acids is 1. The van der Waals surface area contributed by atoms with Crippen LogP contribution >= 0.6 is 0 Å². The third-order valence-electron chi connectivity index (χ3n) is 5.28. The number of ether oxygens (including phenoxy) is 1. The maximum absolute atomic E-state index is 12.4. The van der Waals surface area contributed by atoms with Gasteiger partial charge in [0.05, 0.1) is 11.5 Å². The Hall–Kier alpha value is -0.610. The van der Waals surface area contributed by atoms with Gasteiger partial charge in [0.2, 0.25) is 5.91 Å². The van der Waals surface area contributed by atoms with Gasteiger partial charge in [0.1, 0.15) is 0 Å². The first-order valence-electron chi connectivity index (χ1n) is 8.30. The van der Waals surface area contributed by atoms with E-state index in [1.807, 2.05) is 0 Å². The van der Waals surface area contributed by atoms with Gasteiger partial charge in [-0.1, -0.05) is 26.7 Å². The second kappa shape index (κ2) is 6.90. The Balaban J connectivity index is 1.90. The van der Waals surface area contributed by atoms with Crippen molar-refractivity contribution in [2.45, 2.75) is 82.9 Å². The van der Waals surface area contributed by atoms with Crippen molar-refractivity contribution >= 4 is 5.91 Å². The highest BCUT2D eigenvalue weighted by atomic mass is 16.5. The molecule has 1 saturated heterocycles. The van der Waals surface area contributed by atoms with E-state index < -0.39 is 0 Å². The number of amides is 1. The largest absolute Gasteiger partial charge is 0.375 e. The van der Waals surface area contributed by atoms with Gasteiger partial charge in [0.15, 0.2) is 0 Å². The number of carbonyl (C=O) groups is 1. The average molecular weight is 282 g/mol. The van der Waals surface area contributed by atoms with E-state index in [0.717, 1.165) is 58.0 Å². The van der Waals surface area contributed by atoms with Crippen LogP contribution in [0.25, 0.3) is 0 Å². The molecule has 0 aromatic rings. The Morgan fingerprint density at radius 3 is 2.60 bits per heavy atom. The van der Waals surface area contributed by atoms with Gasteiger partial charge in [0, 0.05) is 18.7 Å². The molecule has 1 amide bonds. The molecule has 0 spiro atoms. The van der Waals surface area contributed by atoms with Crippen LogP contribution in [0.3, 0.4) is 0 Å². The lowest BCUT2D eigenvalue weighted by Crippen LogP contribution is -2.52. The molecule has 4 heteroatoms. The molecule has 3 atom stereocenters. The van der Waals surface area contributed by atoms with Gasteiger partial charge in [-0.2, -0.15) is 0 Å². The Bertz CT molecular complexity index is 328. The lowest BCUT2D eigenvalue weighted by atomic mass is 9.83. The van der Waals surface area contributed by atoms with Crippen molar-refractivity contribution in [2.24, 2.45) is 11.7 Å². The van der Waals surface area contributed by atoms with E-state index in [0.29, 0.717) is 0 Å². The molecule has 0 radical (unpaired) electrons. The molecule has 2 fully saturated rings. The van der Waals surface area contributed by atoms with Gasteiger partial charge in [-0.05, 0) is 38.5 Å². The van der Waals surface area contributed by atoms with Gasteiger partial charge in [0.25, 0.3) is 0 Å². The molecule has 1 aliphatic carbocycles. The summed E-state index contributed by atoms with van der Waals surface area (Å²) in [7, 11) is 0. The normalized spacial score (nSPS) is 33.6. The van der Waals surface area contributed by atoms with E-state index in [1.165, 1.54) is 0 Å². The summed E-state index contributed by atoms with van der Waals surface area (Å²) in [6.45, 7) is 5.10. The summed E-state index contributed by atoms with van der Waals surface area (Å²) in [6, 6.07) is 0.302. The van der Waals surface area contributed by atoms with Crippen LogP contribution in [0.5, 0.6) is 0 Å². The average Bonchev–Trinajstić information content (AvgIpc) is 2.47. The van der Waals surface area contributed by atoms with E-state index in [9.17, 15) is 4.79 Å². The van der Waals surface area contributed by atoms with Crippen LogP contribution in [0.2, 0.25) is 0 Å². The number of hydrogen-bond donors (Lipinski definition) is 2. The third kappa shape index (κ3) is 3.53. The van der Waals surface area contributed by atoms with Crippen LogP contribution in [0.1, 0.15) is 65.2 Å². The highest BCUT2D eigenvalue weighted by Gasteiger charge is 2.36. The van der Waals surface area contributed by atoms with E-state index in [2.05, 4.69) is 19.2 Å². The summed E-state index contributed by atoms with van der Waals surface area (Å²) in [4.78, 5) is 12.4. The van der Waals surface area contributed by atoms with Gasteiger partial charge >= 0.3 is 0 Å². The fraction of sp³-hybridized carbons (Fsp3) is 0.938. The smallest absolute Gasteiger partial charge is 0.224 e. The zero-order valence-electron chi connectivity index (χ0n) is 13.0. The van der Waals surface area contributed by atoms with Gasteiger partial charge < -0.3 is 15.8 Å². The predicted octanol–water partition coefficient (Wildman–Crippen LogP) is 2.36. The summed E-state index contributed by atoms with van der Waals surface area (Å²) in [6.07, 6.45) is 8.12. The van der Waals surface area contributed by atoms with Crippen LogP contribution in [0.15, 0.2) is 0 Å². The minimum Gasteiger partial charge on any atom is -0.375 e. The highest BCUT2D eigenvalue weighted by Crippen LogP contribution is 2.32. The second-order valence-corrected chi connectivity index (χ2v) is 6.49. The molecule has 0 aromatic carbocycles. The lowest BCUT2D eigenvalue weighted by Gasteiger charge is -2.41. The Morgan fingerprint density at radius 2 is 1.95 bits per heavy atom. The Morgan fingerprint density at radius 1 is 1.25 bits per heavy atom. The highest BCUT2D eigenvalue weighted by molar-refractivity contribution is 5.79. The van der Waals surface area contributed by atoms with Crippen molar-refractivity contribution in [3.8, 4) is 0 Å². The standard InChI is InChI=1S/C16H30N2O2/c1-3-16(4-2)11-12(9-10-20-16)18-15(19)13-7-5-6-8-14(13)17/h12-14H,3-11,17H2,1-2H3,(H,18,19). The summed E-state index contributed by atoms with van der Waals surface area (Å²) in [5.74, 6) is 0.189. The maximum Gasteiger partial charge on any atom is 0.224 e. The van der Waals surface area contributed by atoms with E-state index in [-0.39, 0.29) is 29.5 Å². The number of nitrogens with two attached hydrogens (primary N) is 1. The lowest BCUT2D eigenvalue weighted by molar-refractivity contribution is -0.131. The van der Waals surface area contributed by atoms with Gasteiger partial charge in [-0.15, -0.1) is 0 Å². The fourth-order valence-corrected chi connectivity index (χ4v) is 3.69. The zero-order valence-corrected chi connectivity index (χ0v) is 13.0. The van der Waals surface area contributed by atoms with Crippen molar-refractivity contribution in [1.29, 1.82) is 0 Å². The van der Waals surface area contributed by atoms with Crippen molar-refractivity contribution < 1.29 is 9.53 Å². The van der Waals surface area contributed by atoms with E-state index in [1.54, 1.807) is 0 Å². The molecule has 4 nitrogen and oxygen atoms in total. The summed E-state index contributed by atoms with van der Waals surface area (Å²) < 4.78 is 5.97. The maximum atomic E-state index is 12.4. The molecule has 1 heterocycles. The quantitative estimate of drug-likeness (QED) is 0.832. The molecule has 1 aliphatic heterocycles. The molecule has 3 N–H and O–H groups in total. The summed E-state index contributed by atoms with van der Waals surface area (Å²) in [5, 5.41) is 3.24. The Kier molecular flexibility index (Phi) is 5.44. The van der Waals surface area contributed by atoms with Crippen molar-refractivity contribution in [3.63, 3.8) is 0 Å². The van der Waals surface area contributed by atoms with Crippen LogP contribution in [-0.2, 0) is 9.53 Å². The van der Waals surface area contributed by atoms with Gasteiger partial charge in [-0.25, -0.2) is 0 Å². The SMILES string of the molecule is CCC1(CC)CC(NC(=O)C2CCCCC2N)CCO1. The van der Waals surface area contributed by atoms with Gasteiger partial charge in [-0.3, -0.25) is 4.79 Å². The first-order chi connectivity index (χ1) is 9.60. The number of nitrogens with one attached hydrogen (secondary N) is 1. The van der Waals surface area contributed by atoms with E-state index in [4.69, 9.17) is 10.5 Å². The van der Waals surface area contributed by atoms with Crippen molar-refractivity contribution in [2.75, 3.05) is 6.61 Å². The molecule has 3 unspecified atom stereocenters. The molecule has 0 bridgehead atoms. The first-order valence-corrected chi connectivity index (χ1v) is 8.30. The fourth-order valence-electron chi connectivity index (χ4n) is 3.69. The molecule has 116 valence electrons. The van der Waals surface area contributed by atoms with E-state index >= 15 is 0 Å². The predicted molar refractivity (Wildman–Crippen MR) is 80.4 cm³/mol. The summed E-state index contributed by atoms with van der Waals surface area (Å²) in [5.41, 5.74) is 6.07. The van der Waals surface area contributed by atoms with Crippen LogP contribution in [-0.4, -0.2) is 30.2 Å². The van der Waals surface area contributed by atoms with Crippen LogP contribution in [0, 0.1) is 5.92 Å².